The molecule has 35 heavy (non-hydrogen) atoms. The number of hydrogen-bond acceptors (Lipinski definition) is 5. The first kappa shape index (κ1) is 23.9. The average molecular weight is 496 g/mol. The fourth-order valence-electron chi connectivity index (χ4n) is 6.88. The molecule has 0 unspecified atom stereocenters. The van der Waals surface area contributed by atoms with Crippen LogP contribution in [0.2, 0.25) is 0 Å². The molecule has 0 spiro atoms. The van der Waals surface area contributed by atoms with Gasteiger partial charge in [0, 0.05) is 0 Å². The van der Waals surface area contributed by atoms with E-state index in [9.17, 15) is 13.2 Å². The smallest absolute Gasteiger partial charge is 0.260 e. The van der Waals surface area contributed by atoms with E-state index in [1.54, 1.807) is 19.2 Å². The molecule has 4 aliphatic rings. The molecule has 0 heterocycles. The van der Waals surface area contributed by atoms with Crippen molar-refractivity contribution in [2.24, 2.45) is 22.9 Å². The number of ether oxygens (including phenoxy) is 1. The van der Waals surface area contributed by atoms with Crippen molar-refractivity contribution in [2.45, 2.75) is 43.9 Å². The molecule has 0 atom stereocenters. The Morgan fingerprint density at radius 1 is 1.03 bits per heavy atom. The van der Waals surface area contributed by atoms with Gasteiger partial charge in [-0.1, -0.05) is 12.1 Å². The summed E-state index contributed by atoms with van der Waals surface area (Å²) in [6.45, 7) is -0.338. The van der Waals surface area contributed by atoms with Gasteiger partial charge < -0.3 is 4.74 Å². The van der Waals surface area contributed by atoms with Gasteiger partial charge in [0.2, 0.25) is 10.0 Å². The number of rotatable bonds is 8. The van der Waals surface area contributed by atoms with Gasteiger partial charge >= 0.3 is 0 Å². The van der Waals surface area contributed by atoms with E-state index in [0.717, 1.165) is 39.6 Å². The Hall–Kier alpha value is -2.87. The van der Waals surface area contributed by atoms with Gasteiger partial charge in [-0.25, -0.2) is 13.8 Å². The number of sulfonamides is 1. The fourth-order valence-corrected chi connectivity index (χ4v) is 7.74. The summed E-state index contributed by atoms with van der Waals surface area (Å²) in [6.07, 6.45) is 10.5. The van der Waals surface area contributed by atoms with Crippen LogP contribution in [0.1, 0.15) is 49.7 Å². The predicted molar refractivity (Wildman–Crippen MR) is 137 cm³/mol. The molecule has 6 rings (SSSR count). The van der Waals surface area contributed by atoms with E-state index in [4.69, 9.17) is 4.74 Å². The van der Waals surface area contributed by atoms with Gasteiger partial charge in [0.05, 0.1) is 25.3 Å². The average Bonchev–Trinajstić information content (AvgIpc) is 2.81. The molecule has 4 aliphatic carbocycles. The van der Waals surface area contributed by atoms with Gasteiger partial charge in [0.1, 0.15) is 12.3 Å². The van der Waals surface area contributed by atoms with Crippen molar-refractivity contribution in [2.75, 3.05) is 24.2 Å². The lowest BCUT2D eigenvalue weighted by molar-refractivity contribution is -0.119. The van der Waals surface area contributed by atoms with E-state index in [1.807, 2.05) is 24.3 Å². The van der Waals surface area contributed by atoms with Crippen molar-refractivity contribution in [1.82, 2.24) is 5.43 Å². The third-order valence-corrected chi connectivity index (χ3v) is 9.15. The Labute approximate surface area is 207 Å². The minimum Gasteiger partial charge on any atom is -0.497 e. The lowest BCUT2D eigenvalue weighted by atomic mass is 9.48. The molecule has 4 fully saturated rings. The van der Waals surface area contributed by atoms with E-state index in [-0.39, 0.29) is 12.0 Å². The molecule has 0 aliphatic heterocycles. The van der Waals surface area contributed by atoms with E-state index < -0.39 is 15.9 Å². The van der Waals surface area contributed by atoms with E-state index in [2.05, 4.69) is 22.7 Å². The molecule has 2 aromatic rings. The second-order valence-corrected chi connectivity index (χ2v) is 12.5. The van der Waals surface area contributed by atoms with Crippen LogP contribution in [0.25, 0.3) is 0 Å². The first-order chi connectivity index (χ1) is 16.7. The minimum atomic E-state index is -3.65. The summed E-state index contributed by atoms with van der Waals surface area (Å²) in [6, 6.07) is 15.1. The molecule has 8 heteroatoms. The molecular formula is C27H33N3O4S. The van der Waals surface area contributed by atoms with E-state index in [0.29, 0.717) is 5.69 Å². The maximum Gasteiger partial charge on any atom is 0.260 e. The summed E-state index contributed by atoms with van der Waals surface area (Å²) >= 11 is 0. The number of nitrogens with zero attached hydrogens (tertiary/aromatic N) is 2. The van der Waals surface area contributed by atoms with Gasteiger partial charge in [0.15, 0.2) is 0 Å². The Morgan fingerprint density at radius 3 is 2.11 bits per heavy atom. The topological polar surface area (TPSA) is 88.1 Å². The third kappa shape index (κ3) is 5.08. The fraction of sp³-hybridized carbons (Fsp3) is 0.481. The van der Waals surface area contributed by atoms with Gasteiger partial charge in [-0.3, -0.25) is 9.10 Å². The monoisotopic (exact) mass is 495 g/mol. The zero-order chi connectivity index (χ0) is 24.6. The van der Waals surface area contributed by atoms with Crippen LogP contribution in [0.4, 0.5) is 5.69 Å². The molecule has 4 bridgehead atoms. The number of hydrogen-bond donors (Lipinski definition) is 1. The first-order valence-corrected chi connectivity index (χ1v) is 14.1. The molecule has 186 valence electrons. The maximum absolute atomic E-state index is 12.5. The molecule has 0 radical (unpaired) electrons. The summed E-state index contributed by atoms with van der Waals surface area (Å²) in [5.74, 6) is 2.75. The van der Waals surface area contributed by atoms with Crippen LogP contribution < -0.4 is 14.5 Å². The van der Waals surface area contributed by atoms with Gasteiger partial charge in [-0.2, -0.15) is 5.10 Å². The Morgan fingerprint density at radius 2 is 1.60 bits per heavy atom. The second-order valence-electron chi connectivity index (χ2n) is 10.6. The van der Waals surface area contributed by atoms with Gasteiger partial charge in [-0.15, -0.1) is 0 Å². The lowest BCUT2D eigenvalue weighted by Crippen LogP contribution is -2.48. The molecule has 4 saturated carbocycles. The number of amides is 1. The molecule has 2 aromatic carbocycles. The van der Waals surface area contributed by atoms with Crippen molar-refractivity contribution < 1.29 is 17.9 Å². The normalized spacial score (nSPS) is 27.2. The summed E-state index contributed by atoms with van der Waals surface area (Å²) in [7, 11) is -2.06. The number of nitrogens with one attached hydrogen (secondary N) is 1. The third-order valence-electron chi connectivity index (χ3n) is 8.01. The van der Waals surface area contributed by atoms with Crippen molar-refractivity contribution in [1.29, 1.82) is 0 Å². The molecule has 1 N–H and O–H groups in total. The van der Waals surface area contributed by atoms with Crippen molar-refractivity contribution in [3.63, 3.8) is 0 Å². The Kier molecular flexibility index (Phi) is 6.34. The van der Waals surface area contributed by atoms with Crippen LogP contribution in [-0.2, 0) is 20.2 Å². The van der Waals surface area contributed by atoms with Gasteiger partial charge in [-0.05, 0) is 109 Å². The van der Waals surface area contributed by atoms with Crippen LogP contribution in [-0.4, -0.2) is 40.4 Å². The number of benzene rings is 2. The number of carbonyl (C=O) groups is 1. The van der Waals surface area contributed by atoms with Crippen LogP contribution >= 0.6 is 0 Å². The SMILES string of the molecule is COc1ccc(C=NNC(=O)CN(c2ccc(C34CC5CC(CC(C5)C3)C4)cc2)S(C)(=O)=O)cc1. The maximum atomic E-state index is 12.5. The molecule has 1 amide bonds. The Bertz CT molecular complexity index is 1170. The zero-order valence-corrected chi connectivity index (χ0v) is 21.1. The first-order valence-electron chi connectivity index (χ1n) is 12.3. The molecule has 0 aromatic heterocycles. The quantitative estimate of drug-likeness (QED) is 0.442. The lowest BCUT2D eigenvalue weighted by Gasteiger charge is -2.57. The highest BCUT2D eigenvalue weighted by Crippen LogP contribution is 2.60. The number of hydrazone groups is 1. The van der Waals surface area contributed by atoms with Gasteiger partial charge in [0.25, 0.3) is 5.91 Å². The number of carbonyl (C=O) groups excluding carboxylic acids is 1. The summed E-state index contributed by atoms with van der Waals surface area (Å²) < 4.78 is 31.3. The highest BCUT2D eigenvalue weighted by Gasteiger charge is 2.51. The molecular weight excluding hydrogens is 462 g/mol. The van der Waals surface area contributed by atoms with Crippen LogP contribution in [0.5, 0.6) is 5.75 Å². The summed E-state index contributed by atoms with van der Waals surface area (Å²) in [5, 5.41) is 3.96. The predicted octanol–water partition coefficient (Wildman–Crippen LogP) is 4.08. The molecule has 7 nitrogen and oxygen atoms in total. The number of methoxy groups -OCH3 is 1. The van der Waals surface area contributed by atoms with Crippen molar-refractivity contribution in [3.05, 3.63) is 59.7 Å². The highest BCUT2D eigenvalue weighted by atomic mass is 32.2. The van der Waals surface area contributed by atoms with Crippen molar-refractivity contribution >= 4 is 27.8 Å². The standard InChI is InChI=1S/C27H33N3O4S/c1-34-25-9-3-19(4-10-25)17-28-29-26(31)18-30(35(2,32)33)24-7-5-23(6-8-24)27-14-20-11-21(15-27)13-22(12-20)16-27/h3-10,17,20-22H,11-16,18H2,1-2H3,(H,29,31). The van der Waals surface area contributed by atoms with Crippen LogP contribution in [0.15, 0.2) is 53.6 Å². The minimum absolute atomic E-state index is 0.247. The van der Waals surface area contributed by atoms with E-state index >= 15 is 0 Å². The van der Waals surface area contributed by atoms with Crippen LogP contribution in [0.3, 0.4) is 0 Å². The zero-order valence-electron chi connectivity index (χ0n) is 20.3. The summed E-state index contributed by atoms with van der Waals surface area (Å²) in [4.78, 5) is 12.5. The number of anilines is 1. The van der Waals surface area contributed by atoms with Crippen molar-refractivity contribution in [3.8, 4) is 5.75 Å². The van der Waals surface area contributed by atoms with E-state index in [1.165, 1.54) is 50.3 Å². The Balaban J connectivity index is 1.26. The van der Waals surface area contributed by atoms with Crippen LogP contribution in [0, 0.1) is 17.8 Å². The molecule has 0 saturated heterocycles. The highest BCUT2D eigenvalue weighted by molar-refractivity contribution is 7.92. The largest absolute Gasteiger partial charge is 0.497 e. The second kappa shape index (κ2) is 9.30. The summed E-state index contributed by atoms with van der Waals surface area (Å²) in [5.41, 5.74) is 5.27.